The van der Waals surface area contributed by atoms with Crippen molar-refractivity contribution in [2.75, 3.05) is 13.7 Å². The van der Waals surface area contributed by atoms with E-state index in [0.29, 0.717) is 23.5 Å². The van der Waals surface area contributed by atoms with Crippen LogP contribution in [0.5, 0.6) is 11.5 Å². The molecule has 38 heavy (non-hydrogen) atoms. The second kappa shape index (κ2) is 12.1. The van der Waals surface area contributed by atoms with Crippen LogP contribution >= 0.6 is 15.9 Å². The van der Waals surface area contributed by atoms with Crippen LogP contribution in [0.25, 0.3) is 22.2 Å². The average Bonchev–Trinajstić information content (AvgIpc) is 3.49. The number of fused-ring (bicyclic) bond motifs is 4. The highest BCUT2D eigenvalue weighted by molar-refractivity contribution is 9.10. The van der Waals surface area contributed by atoms with E-state index in [9.17, 15) is 9.90 Å². The van der Waals surface area contributed by atoms with Crippen LogP contribution in [0, 0.1) is 0 Å². The molecule has 0 aliphatic carbocycles. The molecule has 2 aromatic carbocycles. The minimum atomic E-state index is -0.414. The Bertz CT molecular complexity index is 1420. The second-order valence-corrected chi connectivity index (χ2v) is 10.1. The monoisotopic (exact) mass is 581 g/mol. The Labute approximate surface area is 232 Å². The third-order valence-corrected chi connectivity index (χ3v) is 7.46. The zero-order chi connectivity index (χ0) is 27.4. The molecule has 7 nitrogen and oxygen atoms in total. The molecule has 0 saturated heterocycles. The van der Waals surface area contributed by atoms with Crippen molar-refractivity contribution in [1.82, 2.24) is 14.9 Å². The Morgan fingerprint density at radius 3 is 2.66 bits per heavy atom. The van der Waals surface area contributed by atoms with Crippen LogP contribution in [-0.4, -0.2) is 46.4 Å². The van der Waals surface area contributed by atoms with E-state index in [0.717, 1.165) is 50.9 Å². The van der Waals surface area contributed by atoms with E-state index in [1.54, 1.807) is 7.11 Å². The van der Waals surface area contributed by atoms with Crippen LogP contribution in [0.3, 0.4) is 0 Å². The maximum Gasteiger partial charge on any atom is 0.254 e. The minimum Gasteiger partial charge on any atom is -0.493 e. The first-order chi connectivity index (χ1) is 18.4. The number of rotatable bonds is 8. The number of aryl methyl sites for hydroxylation is 1. The first-order valence-electron chi connectivity index (χ1n) is 13.1. The number of nitrogens with one attached hydrogen (secondary N) is 2. The van der Waals surface area contributed by atoms with Gasteiger partial charge in [-0.25, -0.2) is 0 Å². The predicted octanol–water partition coefficient (Wildman–Crippen LogP) is 6.11. The number of aromatic nitrogens is 2. The molecule has 0 spiro atoms. The summed E-state index contributed by atoms with van der Waals surface area (Å²) in [5.74, 6) is 1.17. The highest BCUT2D eigenvalue weighted by Crippen LogP contribution is 2.41. The van der Waals surface area contributed by atoms with Gasteiger partial charge in [-0.1, -0.05) is 32.0 Å². The predicted molar refractivity (Wildman–Crippen MR) is 155 cm³/mol. The molecule has 1 atom stereocenters. The lowest BCUT2D eigenvalue weighted by Gasteiger charge is -2.23. The number of carbonyl (C=O) groups excluding carboxylic acids is 1. The Morgan fingerprint density at radius 1 is 1.18 bits per heavy atom. The van der Waals surface area contributed by atoms with Gasteiger partial charge in [-0.3, -0.25) is 4.79 Å². The molecular weight excluding hydrogens is 546 g/mol. The van der Waals surface area contributed by atoms with Crippen LogP contribution in [0.1, 0.15) is 49.2 Å². The fourth-order valence-electron chi connectivity index (χ4n) is 4.90. The van der Waals surface area contributed by atoms with Crippen LogP contribution in [0.15, 0.2) is 53.3 Å². The summed E-state index contributed by atoms with van der Waals surface area (Å²) in [6.07, 6.45) is 3.28. The summed E-state index contributed by atoms with van der Waals surface area (Å²) in [6, 6.07) is 13.5. The summed E-state index contributed by atoms with van der Waals surface area (Å²) in [6.45, 7) is 8.54. The van der Waals surface area contributed by atoms with Gasteiger partial charge in [0.25, 0.3) is 5.91 Å². The molecule has 0 radical (unpaired) electrons. The van der Waals surface area contributed by atoms with Crippen molar-refractivity contribution < 1.29 is 19.4 Å². The normalized spacial score (nSPS) is 12.8. The van der Waals surface area contributed by atoms with E-state index in [4.69, 9.17) is 9.47 Å². The molecule has 5 rings (SSSR count). The van der Waals surface area contributed by atoms with Crippen molar-refractivity contribution in [2.24, 2.45) is 0 Å². The Kier molecular flexibility index (Phi) is 8.84. The largest absolute Gasteiger partial charge is 0.493 e. The molecule has 2 aromatic heterocycles. The van der Waals surface area contributed by atoms with Gasteiger partial charge in [0.05, 0.1) is 41.7 Å². The molecule has 202 valence electrons. The van der Waals surface area contributed by atoms with Crippen molar-refractivity contribution in [3.8, 4) is 22.8 Å². The smallest absolute Gasteiger partial charge is 0.254 e. The molecule has 1 amide bonds. The maximum atomic E-state index is 13.4. The SMILES string of the molecule is CC.COc1cc2c(cc1OC(C)C)-c1cc(C(=O)N[C@@H](CO)Cc3c[nH]c4ccccc34)c(Br)n1CC2. The summed E-state index contributed by atoms with van der Waals surface area (Å²) in [5.41, 5.74) is 5.75. The number of nitrogens with zero attached hydrogens (tertiary/aromatic N) is 1. The number of ether oxygens (including phenoxy) is 2. The molecule has 8 heteroatoms. The molecule has 1 aliphatic rings. The summed E-state index contributed by atoms with van der Waals surface area (Å²) in [5, 5.41) is 14.2. The minimum absolute atomic E-state index is 0.00737. The molecule has 3 heterocycles. The van der Waals surface area contributed by atoms with Gasteiger partial charge in [-0.05, 0) is 78.0 Å². The molecule has 0 saturated carbocycles. The number of carbonyl (C=O) groups is 1. The van der Waals surface area contributed by atoms with E-state index in [2.05, 4.69) is 30.8 Å². The van der Waals surface area contributed by atoms with Crippen molar-refractivity contribution in [1.29, 1.82) is 0 Å². The van der Waals surface area contributed by atoms with Crippen molar-refractivity contribution in [3.05, 3.63) is 70.0 Å². The number of aliphatic hydroxyl groups is 1. The van der Waals surface area contributed by atoms with Gasteiger partial charge in [-0.2, -0.15) is 0 Å². The topological polar surface area (TPSA) is 88.5 Å². The van der Waals surface area contributed by atoms with Crippen LogP contribution in [-0.2, 0) is 19.4 Å². The Morgan fingerprint density at radius 2 is 1.95 bits per heavy atom. The number of para-hydroxylation sites is 1. The number of H-pyrrole nitrogens is 1. The fourth-order valence-corrected chi connectivity index (χ4v) is 5.56. The van der Waals surface area contributed by atoms with E-state index in [1.807, 2.05) is 76.4 Å². The lowest BCUT2D eigenvalue weighted by atomic mass is 9.97. The average molecular weight is 583 g/mol. The molecule has 3 N–H and O–H groups in total. The number of hydrogen-bond donors (Lipinski definition) is 3. The number of halogens is 1. The first-order valence-corrected chi connectivity index (χ1v) is 13.9. The summed E-state index contributed by atoms with van der Waals surface area (Å²) >= 11 is 3.66. The lowest BCUT2D eigenvalue weighted by molar-refractivity contribution is 0.0915. The number of aromatic amines is 1. The number of benzene rings is 2. The summed E-state index contributed by atoms with van der Waals surface area (Å²) < 4.78 is 14.4. The number of aliphatic hydroxyl groups excluding tert-OH is 1. The highest BCUT2D eigenvalue weighted by Gasteiger charge is 2.27. The third kappa shape index (κ3) is 5.47. The zero-order valence-electron chi connectivity index (χ0n) is 22.6. The zero-order valence-corrected chi connectivity index (χ0v) is 24.2. The van der Waals surface area contributed by atoms with Crippen LogP contribution in [0.4, 0.5) is 0 Å². The van der Waals surface area contributed by atoms with Gasteiger partial charge >= 0.3 is 0 Å². The van der Waals surface area contributed by atoms with Gasteiger partial charge in [0.15, 0.2) is 11.5 Å². The van der Waals surface area contributed by atoms with Crippen molar-refractivity contribution in [3.63, 3.8) is 0 Å². The molecular formula is C30H36BrN3O4. The van der Waals surface area contributed by atoms with Crippen molar-refractivity contribution in [2.45, 2.75) is 59.2 Å². The number of methoxy groups -OCH3 is 1. The van der Waals surface area contributed by atoms with Gasteiger partial charge in [0.2, 0.25) is 0 Å². The number of hydrogen-bond acceptors (Lipinski definition) is 4. The molecule has 0 bridgehead atoms. The molecule has 4 aromatic rings. The molecule has 1 aliphatic heterocycles. The van der Waals surface area contributed by atoms with Gasteiger partial charge in [0.1, 0.15) is 0 Å². The fraction of sp³-hybridized carbons (Fsp3) is 0.367. The summed E-state index contributed by atoms with van der Waals surface area (Å²) in [7, 11) is 1.65. The molecule has 0 unspecified atom stereocenters. The summed E-state index contributed by atoms with van der Waals surface area (Å²) in [4.78, 5) is 16.6. The third-order valence-electron chi connectivity index (χ3n) is 6.61. The van der Waals surface area contributed by atoms with Gasteiger partial charge < -0.3 is 29.4 Å². The van der Waals surface area contributed by atoms with Crippen LogP contribution in [0.2, 0.25) is 0 Å². The van der Waals surface area contributed by atoms with Crippen LogP contribution < -0.4 is 14.8 Å². The Hall–Kier alpha value is -3.23. The van der Waals surface area contributed by atoms with Crippen molar-refractivity contribution >= 4 is 32.7 Å². The van der Waals surface area contributed by atoms with Gasteiger partial charge in [-0.15, -0.1) is 0 Å². The van der Waals surface area contributed by atoms with E-state index in [1.165, 1.54) is 0 Å². The standard InChI is InChI=1S/C28H30BrN3O4.C2H6/c1-16(2)36-26-13-21-17(11-25(26)35-3)8-9-32-24(21)12-22(27(32)29)28(34)31-19(15-33)10-18-14-30-23-7-5-4-6-20(18)23;1-2/h4-7,11-14,16,19,30,33H,8-10,15H2,1-3H3,(H,31,34);1-2H3/t19-;/m1./s1. The first kappa shape index (κ1) is 27.8. The Balaban J connectivity index is 0.00000164. The van der Waals surface area contributed by atoms with Gasteiger partial charge in [0, 0.05) is 29.2 Å². The quantitative estimate of drug-likeness (QED) is 0.234. The van der Waals surface area contributed by atoms with E-state index < -0.39 is 6.04 Å². The maximum absolute atomic E-state index is 13.4. The number of amides is 1. The molecule has 0 fully saturated rings. The highest BCUT2D eigenvalue weighted by atomic mass is 79.9. The lowest BCUT2D eigenvalue weighted by Crippen LogP contribution is -2.39. The van der Waals surface area contributed by atoms with E-state index in [-0.39, 0.29) is 18.6 Å². The van der Waals surface area contributed by atoms with E-state index >= 15 is 0 Å². The second-order valence-electron chi connectivity index (χ2n) is 9.38.